The highest BCUT2D eigenvalue weighted by Crippen LogP contribution is 2.28. The smallest absolute Gasteiger partial charge is 0.292 e. The number of amides is 2. The minimum atomic E-state index is -0.421. The van der Waals surface area contributed by atoms with Gasteiger partial charge >= 0.3 is 5.69 Å². The van der Waals surface area contributed by atoms with Gasteiger partial charge in [-0.05, 0) is 31.9 Å². The van der Waals surface area contributed by atoms with E-state index >= 15 is 0 Å². The predicted octanol–water partition coefficient (Wildman–Crippen LogP) is 0.380. The molecule has 7 nitrogen and oxygen atoms in total. The number of benzene rings is 1. The standard InChI is InChI=1S/C15H18N4O3/c1-2-18-11-5-3-4-6-12(11)19(15(18)22)9-13(20)16-17-14(21)10-7-8-10/h3-6,10H,2,7-9H2,1H3,(H,16,20)(H,17,21). The molecule has 0 radical (unpaired) electrons. The van der Waals surface area contributed by atoms with E-state index in [4.69, 9.17) is 0 Å². The van der Waals surface area contributed by atoms with Crippen molar-refractivity contribution in [3.63, 3.8) is 0 Å². The van der Waals surface area contributed by atoms with Crippen LogP contribution in [0.4, 0.5) is 0 Å². The van der Waals surface area contributed by atoms with Gasteiger partial charge in [-0.3, -0.25) is 29.6 Å². The number of carbonyl (C=O) groups excluding carboxylic acids is 2. The van der Waals surface area contributed by atoms with Gasteiger partial charge in [-0.25, -0.2) is 4.79 Å². The highest BCUT2D eigenvalue weighted by Gasteiger charge is 2.29. The Morgan fingerprint density at radius 2 is 1.77 bits per heavy atom. The summed E-state index contributed by atoms with van der Waals surface area (Å²) in [6, 6.07) is 7.34. The van der Waals surface area contributed by atoms with Crippen molar-refractivity contribution in [3.8, 4) is 0 Å². The topological polar surface area (TPSA) is 85.1 Å². The van der Waals surface area contributed by atoms with Gasteiger partial charge in [0.15, 0.2) is 0 Å². The molecule has 2 amide bonds. The quantitative estimate of drug-likeness (QED) is 0.801. The predicted molar refractivity (Wildman–Crippen MR) is 80.9 cm³/mol. The summed E-state index contributed by atoms with van der Waals surface area (Å²) in [7, 11) is 0. The van der Waals surface area contributed by atoms with Gasteiger partial charge in [0.2, 0.25) is 5.91 Å². The van der Waals surface area contributed by atoms with E-state index in [2.05, 4.69) is 10.9 Å². The van der Waals surface area contributed by atoms with Crippen LogP contribution in [-0.4, -0.2) is 20.9 Å². The molecule has 0 atom stereocenters. The highest BCUT2D eigenvalue weighted by atomic mass is 16.2. The van der Waals surface area contributed by atoms with Crippen LogP contribution in [0.15, 0.2) is 29.1 Å². The van der Waals surface area contributed by atoms with E-state index < -0.39 is 5.91 Å². The fourth-order valence-electron chi connectivity index (χ4n) is 2.49. The van der Waals surface area contributed by atoms with E-state index in [9.17, 15) is 14.4 Å². The van der Waals surface area contributed by atoms with Gasteiger partial charge in [-0.1, -0.05) is 12.1 Å². The third-order valence-electron chi connectivity index (χ3n) is 3.82. The molecule has 1 saturated carbocycles. The Bertz CT molecular complexity index is 786. The Kier molecular flexibility index (Phi) is 3.70. The lowest BCUT2D eigenvalue weighted by Crippen LogP contribution is -2.44. The zero-order valence-corrected chi connectivity index (χ0v) is 12.3. The lowest BCUT2D eigenvalue weighted by atomic mass is 10.3. The van der Waals surface area contributed by atoms with Crippen molar-refractivity contribution in [1.29, 1.82) is 0 Å². The molecule has 0 bridgehead atoms. The third kappa shape index (κ3) is 2.61. The Balaban J connectivity index is 1.78. The van der Waals surface area contributed by atoms with E-state index in [1.54, 1.807) is 10.6 Å². The van der Waals surface area contributed by atoms with E-state index in [-0.39, 0.29) is 24.1 Å². The maximum atomic E-state index is 12.4. The fourth-order valence-corrected chi connectivity index (χ4v) is 2.49. The first kappa shape index (κ1) is 14.4. The minimum absolute atomic E-state index is 0.0185. The van der Waals surface area contributed by atoms with Gasteiger partial charge < -0.3 is 0 Å². The maximum absolute atomic E-state index is 12.4. The molecule has 1 aromatic heterocycles. The molecule has 1 heterocycles. The van der Waals surface area contributed by atoms with Gasteiger partial charge in [0.05, 0.1) is 11.0 Å². The number of imidazole rings is 1. The molecule has 0 saturated heterocycles. The summed E-state index contributed by atoms with van der Waals surface area (Å²) in [5.41, 5.74) is 6.03. The van der Waals surface area contributed by atoms with Gasteiger partial charge in [-0.15, -0.1) is 0 Å². The first-order chi connectivity index (χ1) is 10.6. The second-order valence-corrected chi connectivity index (χ2v) is 5.41. The Hall–Kier alpha value is -2.57. The zero-order valence-electron chi connectivity index (χ0n) is 12.3. The number of nitrogens with one attached hydrogen (secondary N) is 2. The van der Waals surface area contributed by atoms with Crippen LogP contribution in [0.3, 0.4) is 0 Å². The number of rotatable bonds is 4. The number of para-hydroxylation sites is 2. The number of aryl methyl sites for hydroxylation is 1. The average Bonchev–Trinajstić information content (AvgIpc) is 3.33. The van der Waals surface area contributed by atoms with Crippen LogP contribution in [0.5, 0.6) is 0 Å². The minimum Gasteiger partial charge on any atom is -0.292 e. The Morgan fingerprint density at radius 3 is 2.36 bits per heavy atom. The lowest BCUT2D eigenvalue weighted by molar-refractivity contribution is -0.129. The number of hydrogen-bond donors (Lipinski definition) is 2. The normalized spacial score (nSPS) is 14.0. The van der Waals surface area contributed by atoms with Crippen LogP contribution in [-0.2, 0) is 22.7 Å². The van der Waals surface area contributed by atoms with E-state index in [0.29, 0.717) is 12.1 Å². The van der Waals surface area contributed by atoms with Crippen molar-refractivity contribution in [2.45, 2.75) is 32.9 Å². The van der Waals surface area contributed by atoms with Crippen LogP contribution < -0.4 is 16.5 Å². The van der Waals surface area contributed by atoms with E-state index in [0.717, 1.165) is 18.4 Å². The molecule has 0 unspecified atom stereocenters. The Morgan fingerprint density at radius 1 is 1.14 bits per heavy atom. The second kappa shape index (κ2) is 5.67. The molecule has 7 heteroatoms. The molecule has 1 aliphatic carbocycles. The molecule has 1 fully saturated rings. The molecular formula is C15H18N4O3. The molecule has 22 heavy (non-hydrogen) atoms. The summed E-state index contributed by atoms with van der Waals surface area (Å²) >= 11 is 0. The van der Waals surface area contributed by atoms with Crippen LogP contribution in [0, 0.1) is 5.92 Å². The fraction of sp³-hybridized carbons (Fsp3) is 0.400. The zero-order chi connectivity index (χ0) is 15.7. The van der Waals surface area contributed by atoms with Crippen molar-refractivity contribution in [3.05, 3.63) is 34.7 Å². The lowest BCUT2D eigenvalue weighted by Gasteiger charge is -2.07. The summed E-state index contributed by atoms with van der Waals surface area (Å²) in [6.45, 7) is 2.29. The number of hydrogen-bond acceptors (Lipinski definition) is 3. The van der Waals surface area contributed by atoms with Crippen molar-refractivity contribution < 1.29 is 9.59 Å². The van der Waals surface area contributed by atoms with Gasteiger partial charge in [0.1, 0.15) is 6.54 Å². The van der Waals surface area contributed by atoms with Crippen LogP contribution in [0.1, 0.15) is 19.8 Å². The van der Waals surface area contributed by atoms with E-state index in [1.807, 2.05) is 25.1 Å². The summed E-state index contributed by atoms with van der Waals surface area (Å²) in [5, 5.41) is 0. The number of aromatic nitrogens is 2. The molecule has 0 aliphatic heterocycles. The summed E-state index contributed by atoms with van der Waals surface area (Å²) < 4.78 is 3.03. The van der Waals surface area contributed by atoms with Crippen molar-refractivity contribution in [2.75, 3.05) is 0 Å². The second-order valence-electron chi connectivity index (χ2n) is 5.41. The number of hydrazine groups is 1. The third-order valence-corrected chi connectivity index (χ3v) is 3.82. The molecule has 2 aromatic rings. The Labute approximate surface area is 126 Å². The molecule has 1 aromatic carbocycles. The summed E-state index contributed by atoms with van der Waals surface area (Å²) in [5.74, 6) is -0.572. The largest absolute Gasteiger partial charge is 0.329 e. The van der Waals surface area contributed by atoms with Crippen molar-refractivity contribution >= 4 is 22.8 Å². The monoisotopic (exact) mass is 302 g/mol. The number of carbonyl (C=O) groups is 2. The number of fused-ring (bicyclic) bond motifs is 1. The molecule has 0 spiro atoms. The molecule has 116 valence electrons. The average molecular weight is 302 g/mol. The first-order valence-electron chi connectivity index (χ1n) is 7.38. The SMILES string of the molecule is CCn1c(=O)n(CC(=O)NNC(=O)C2CC2)c2ccccc21. The van der Waals surface area contributed by atoms with E-state index in [1.165, 1.54) is 4.57 Å². The summed E-state index contributed by atoms with van der Waals surface area (Å²) in [4.78, 5) is 35.8. The highest BCUT2D eigenvalue weighted by molar-refractivity contribution is 5.85. The molecule has 2 N–H and O–H groups in total. The summed E-state index contributed by atoms with van der Waals surface area (Å²) in [6.07, 6.45) is 1.73. The van der Waals surface area contributed by atoms with Crippen LogP contribution in [0.25, 0.3) is 11.0 Å². The molecule has 1 aliphatic rings. The molecular weight excluding hydrogens is 284 g/mol. The van der Waals surface area contributed by atoms with Crippen LogP contribution in [0.2, 0.25) is 0 Å². The van der Waals surface area contributed by atoms with Crippen LogP contribution >= 0.6 is 0 Å². The molecule has 3 rings (SSSR count). The van der Waals surface area contributed by atoms with Crippen molar-refractivity contribution in [1.82, 2.24) is 20.0 Å². The van der Waals surface area contributed by atoms with Gasteiger partial charge in [-0.2, -0.15) is 0 Å². The van der Waals surface area contributed by atoms with Gasteiger partial charge in [0.25, 0.3) is 5.91 Å². The van der Waals surface area contributed by atoms with Crippen molar-refractivity contribution in [2.24, 2.45) is 5.92 Å². The maximum Gasteiger partial charge on any atom is 0.329 e. The first-order valence-corrected chi connectivity index (χ1v) is 7.38. The number of nitrogens with zero attached hydrogens (tertiary/aromatic N) is 2. The van der Waals surface area contributed by atoms with Gasteiger partial charge in [0, 0.05) is 12.5 Å².